The van der Waals surface area contributed by atoms with E-state index in [4.69, 9.17) is 9.84 Å². The van der Waals surface area contributed by atoms with Crippen molar-refractivity contribution in [3.8, 4) is 0 Å². The lowest BCUT2D eigenvalue weighted by molar-refractivity contribution is -0.119. The largest absolute Gasteiger partial charge is 0.478 e. The lowest BCUT2D eigenvalue weighted by Gasteiger charge is -2.19. The van der Waals surface area contributed by atoms with E-state index in [1.165, 1.54) is 12.3 Å². The van der Waals surface area contributed by atoms with Gasteiger partial charge in [-0.25, -0.2) is 9.78 Å². The van der Waals surface area contributed by atoms with Crippen LogP contribution in [0.3, 0.4) is 0 Å². The molecule has 0 aliphatic carbocycles. The highest BCUT2D eigenvalue weighted by atomic mass is 16.5. The molecule has 7 nitrogen and oxygen atoms in total. The van der Waals surface area contributed by atoms with E-state index < -0.39 is 5.97 Å². The molecule has 1 rings (SSSR count). The number of methoxy groups -OCH3 is 1. The fourth-order valence-corrected chi connectivity index (χ4v) is 1.72. The molecule has 0 aliphatic rings. The second-order valence-electron chi connectivity index (χ2n) is 4.37. The summed E-state index contributed by atoms with van der Waals surface area (Å²) in [6.07, 6.45) is 1.28. The van der Waals surface area contributed by atoms with Gasteiger partial charge in [0, 0.05) is 26.9 Å². The molecule has 110 valence electrons. The van der Waals surface area contributed by atoms with Crippen LogP contribution in [0.1, 0.15) is 15.9 Å². The van der Waals surface area contributed by atoms with Gasteiger partial charge in [-0.1, -0.05) is 0 Å². The van der Waals surface area contributed by atoms with Crippen molar-refractivity contribution >= 4 is 17.7 Å². The Morgan fingerprint density at radius 3 is 2.75 bits per heavy atom. The van der Waals surface area contributed by atoms with Crippen molar-refractivity contribution in [3.63, 3.8) is 0 Å². The van der Waals surface area contributed by atoms with Gasteiger partial charge in [0.2, 0.25) is 5.91 Å². The van der Waals surface area contributed by atoms with Gasteiger partial charge in [0.1, 0.15) is 5.82 Å². The van der Waals surface area contributed by atoms with Gasteiger partial charge in [-0.3, -0.25) is 4.79 Å². The van der Waals surface area contributed by atoms with E-state index in [9.17, 15) is 9.59 Å². The van der Waals surface area contributed by atoms with Crippen LogP contribution < -0.4 is 10.2 Å². The Bertz CT molecular complexity index is 491. The van der Waals surface area contributed by atoms with Crippen LogP contribution in [0.5, 0.6) is 0 Å². The summed E-state index contributed by atoms with van der Waals surface area (Å²) >= 11 is 0. The minimum Gasteiger partial charge on any atom is -0.478 e. The molecule has 0 atom stereocenters. The Morgan fingerprint density at radius 2 is 2.20 bits per heavy atom. The maximum absolute atomic E-state index is 11.7. The average molecular weight is 281 g/mol. The molecule has 0 bridgehead atoms. The van der Waals surface area contributed by atoms with E-state index in [0.717, 1.165) is 0 Å². The van der Waals surface area contributed by atoms with Crippen LogP contribution in [0.25, 0.3) is 0 Å². The number of anilines is 1. The van der Waals surface area contributed by atoms with Gasteiger partial charge < -0.3 is 20.1 Å². The number of aromatic carboxylic acids is 1. The first-order chi connectivity index (χ1) is 9.45. The monoisotopic (exact) mass is 281 g/mol. The highest BCUT2D eigenvalue weighted by Gasteiger charge is 2.12. The Kier molecular flexibility index (Phi) is 5.92. The zero-order valence-electron chi connectivity index (χ0n) is 11.8. The van der Waals surface area contributed by atoms with Crippen LogP contribution >= 0.6 is 0 Å². The minimum atomic E-state index is -1.02. The molecular formula is C13H19N3O4. The number of likely N-dealkylation sites (N-methyl/N-ethyl adjacent to an activating group) is 1. The Hall–Kier alpha value is -2.15. The molecule has 0 saturated heterocycles. The first-order valence-electron chi connectivity index (χ1n) is 6.12. The summed E-state index contributed by atoms with van der Waals surface area (Å²) in [5.41, 5.74) is 0.835. The maximum atomic E-state index is 11.7. The molecule has 0 aromatic carbocycles. The summed E-state index contributed by atoms with van der Waals surface area (Å²) in [6.45, 7) is 2.81. The van der Waals surface area contributed by atoms with Crippen molar-refractivity contribution in [2.75, 3.05) is 38.8 Å². The summed E-state index contributed by atoms with van der Waals surface area (Å²) in [6, 6.07) is 1.53. The molecule has 0 unspecified atom stereocenters. The third-order valence-corrected chi connectivity index (χ3v) is 2.67. The number of hydrogen-bond donors (Lipinski definition) is 2. The number of carbonyl (C=O) groups is 2. The van der Waals surface area contributed by atoms with Gasteiger partial charge in [0.15, 0.2) is 0 Å². The molecule has 1 aromatic rings. The minimum absolute atomic E-state index is 0.129. The molecule has 0 spiro atoms. The third-order valence-electron chi connectivity index (χ3n) is 2.67. The molecule has 2 N–H and O–H groups in total. The van der Waals surface area contributed by atoms with Gasteiger partial charge in [-0.2, -0.15) is 0 Å². The summed E-state index contributed by atoms with van der Waals surface area (Å²) in [5, 5.41) is 11.6. The second kappa shape index (κ2) is 7.44. The molecule has 1 amide bonds. The molecule has 1 aromatic heterocycles. The molecule has 0 radical (unpaired) electrons. The normalized spacial score (nSPS) is 10.2. The highest BCUT2D eigenvalue weighted by Crippen LogP contribution is 2.16. The number of aryl methyl sites for hydroxylation is 1. The predicted molar refractivity (Wildman–Crippen MR) is 74.1 cm³/mol. The fraction of sp³-hybridized carbons (Fsp3) is 0.462. The molecule has 0 saturated carbocycles. The van der Waals surface area contributed by atoms with Crippen molar-refractivity contribution in [1.82, 2.24) is 10.3 Å². The standard InChI is InChI=1S/C13H19N3O4/c1-9-6-10(13(18)19)7-15-12(9)16(2)8-11(17)14-4-5-20-3/h6-7H,4-5,8H2,1-3H3,(H,14,17)(H,18,19). The number of carbonyl (C=O) groups excluding carboxylic acids is 1. The molecule has 7 heteroatoms. The maximum Gasteiger partial charge on any atom is 0.337 e. The first-order valence-corrected chi connectivity index (χ1v) is 6.12. The van der Waals surface area contributed by atoms with E-state index in [-0.39, 0.29) is 18.0 Å². The molecule has 0 fully saturated rings. The lowest BCUT2D eigenvalue weighted by Crippen LogP contribution is -2.37. The van der Waals surface area contributed by atoms with Gasteiger partial charge in [0.25, 0.3) is 0 Å². The lowest BCUT2D eigenvalue weighted by atomic mass is 10.2. The zero-order chi connectivity index (χ0) is 15.1. The van der Waals surface area contributed by atoms with Crippen LogP contribution in [0, 0.1) is 6.92 Å². The Morgan fingerprint density at radius 1 is 1.50 bits per heavy atom. The van der Waals surface area contributed by atoms with Crippen molar-refractivity contribution < 1.29 is 19.4 Å². The van der Waals surface area contributed by atoms with Gasteiger partial charge in [-0.05, 0) is 18.6 Å². The summed E-state index contributed by atoms with van der Waals surface area (Å²) < 4.78 is 4.84. The summed E-state index contributed by atoms with van der Waals surface area (Å²) in [5.74, 6) is -0.586. The average Bonchev–Trinajstić information content (AvgIpc) is 2.38. The van der Waals surface area contributed by atoms with Crippen molar-refractivity contribution in [1.29, 1.82) is 0 Å². The van der Waals surface area contributed by atoms with E-state index >= 15 is 0 Å². The topological polar surface area (TPSA) is 91.8 Å². The molecular weight excluding hydrogens is 262 g/mol. The summed E-state index contributed by atoms with van der Waals surface area (Å²) in [4.78, 5) is 28.2. The number of pyridine rings is 1. The fourth-order valence-electron chi connectivity index (χ4n) is 1.72. The van der Waals surface area contributed by atoms with E-state index in [0.29, 0.717) is 24.5 Å². The quantitative estimate of drug-likeness (QED) is 0.698. The summed E-state index contributed by atoms with van der Waals surface area (Å²) in [7, 11) is 3.29. The van der Waals surface area contributed by atoms with Crippen LogP contribution in [0.4, 0.5) is 5.82 Å². The van der Waals surface area contributed by atoms with Crippen LogP contribution in [0.2, 0.25) is 0 Å². The van der Waals surface area contributed by atoms with Crippen molar-refractivity contribution in [2.45, 2.75) is 6.92 Å². The van der Waals surface area contributed by atoms with E-state index in [2.05, 4.69) is 10.3 Å². The van der Waals surface area contributed by atoms with Crippen molar-refractivity contribution in [2.24, 2.45) is 0 Å². The number of carboxylic acids is 1. The van der Waals surface area contributed by atoms with Crippen LogP contribution in [0.15, 0.2) is 12.3 Å². The number of carboxylic acid groups (broad SMARTS) is 1. The van der Waals surface area contributed by atoms with Gasteiger partial charge in [-0.15, -0.1) is 0 Å². The molecule has 0 aliphatic heterocycles. The second-order valence-corrected chi connectivity index (χ2v) is 4.37. The first kappa shape index (κ1) is 15.9. The molecule has 1 heterocycles. The Balaban J connectivity index is 2.65. The number of hydrogen-bond acceptors (Lipinski definition) is 5. The third kappa shape index (κ3) is 4.51. The molecule has 20 heavy (non-hydrogen) atoms. The number of aromatic nitrogens is 1. The highest BCUT2D eigenvalue weighted by molar-refractivity contribution is 5.88. The number of nitrogens with one attached hydrogen (secondary N) is 1. The van der Waals surface area contributed by atoms with Crippen LogP contribution in [-0.2, 0) is 9.53 Å². The van der Waals surface area contributed by atoms with Gasteiger partial charge in [0.05, 0.1) is 18.7 Å². The smallest absolute Gasteiger partial charge is 0.337 e. The predicted octanol–water partition coefficient (Wildman–Crippen LogP) is 0.287. The van der Waals surface area contributed by atoms with E-state index in [1.54, 1.807) is 26.0 Å². The number of ether oxygens (including phenoxy) is 1. The number of rotatable bonds is 7. The SMILES string of the molecule is COCCNC(=O)CN(C)c1ncc(C(=O)O)cc1C. The number of amides is 1. The zero-order valence-corrected chi connectivity index (χ0v) is 11.8. The number of nitrogens with zero attached hydrogens (tertiary/aromatic N) is 2. The van der Waals surface area contributed by atoms with Crippen LogP contribution in [-0.4, -0.2) is 55.8 Å². The van der Waals surface area contributed by atoms with Crippen molar-refractivity contribution in [3.05, 3.63) is 23.4 Å². The van der Waals surface area contributed by atoms with E-state index in [1.807, 2.05) is 0 Å². The van der Waals surface area contributed by atoms with Gasteiger partial charge >= 0.3 is 5.97 Å². The Labute approximate surface area is 117 Å².